The predicted molar refractivity (Wildman–Crippen MR) is 80.8 cm³/mol. The Kier molecular flexibility index (Phi) is 4.04. The molecule has 1 N–H and O–H groups in total. The maximum atomic E-state index is 13.1. The molecule has 110 valence electrons. The summed E-state index contributed by atoms with van der Waals surface area (Å²) in [6.07, 6.45) is 0. The second-order valence-corrected chi connectivity index (χ2v) is 9.61. The molecule has 0 spiro atoms. The highest BCUT2D eigenvalue weighted by Gasteiger charge is 2.54. The van der Waals surface area contributed by atoms with E-state index in [0.29, 0.717) is 11.3 Å². The van der Waals surface area contributed by atoms with Crippen molar-refractivity contribution in [3.8, 4) is 0 Å². The summed E-state index contributed by atoms with van der Waals surface area (Å²) in [5.41, 5.74) is 0.799. The summed E-state index contributed by atoms with van der Waals surface area (Å²) in [6, 6.07) is 6.62. The molecule has 20 heavy (non-hydrogen) atoms. The van der Waals surface area contributed by atoms with E-state index < -0.39 is 23.0 Å². The van der Waals surface area contributed by atoms with E-state index in [-0.39, 0.29) is 0 Å². The third-order valence-corrected chi connectivity index (χ3v) is 7.47. The van der Waals surface area contributed by atoms with E-state index in [1.807, 2.05) is 0 Å². The first-order chi connectivity index (χ1) is 9.11. The average molecular weight is 358 g/mol. The predicted octanol–water partition coefficient (Wildman–Crippen LogP) is 3.09. The number of hydrogen-bond donors (Lipinski definition) is 1. The molecule has 2 unspecified atom stereocenters. The van der Waals surface area contributed by atoms with E-state index in [1.165, 1.54) is 18.8 Å². The number of para-hydroxylation sites is 1. The Morgan fingerprint density at radius 1 is 1.20 bits per heavy atom. The Bertz CT molecular complexity index is 605. The lowest BCUT2D eigenvalue weighted by molar-refractivity contribution is 0.0867. The molecule has 0 bridgehead atoms. The second kappa shape index (κ2) is 5.08. The molecule has 2 rings (SSSR count). The van der Waals surface area contributed by atoms with Gasteiger partial charge in [0.25, 0.3) is 13.4 Å². The fraction of sp³-hybridized carbons (Fsp3) is 0.364. The Morgan fingerprint density at radius 2 is 1.75 bits per heavy atom. The van der Waals surface area contributed by atoms with Crippen LogP contribution in [0.1, 0.15) is 10.4 Å². The summed E-state index contributed by atoms with van der Waals surface area (Å²) >= 11 is 17.0. The molecule has 0 radical (unpaired) electrons. The van der Waals surface area contributed by atoms with Crippen molar-refractivity contribution in [3.05, 3.63) is 29.8 Å². The summed E-state index contributed by atoms with van der Waals surface area (Å²) < 4.78 is 13.2. The normalized spacial score (nSPS) is 24.6. The summed E-state index contributed by atoms with van der Waals surface area (Å²) in [4.78, 5) is 12.3. The molecule has 1 aromatic rings. The number of anilines is 1. The molecule has 0 saturated carbocycles. The van der Waals surface area contributed by atoms with Crippen molar-refractivity contribution in [2.45, 2.75) is 9.64 Å². The molecule has 0 aromatic heterocycles. The van der Waals surface area contributed by atoms with Crippen molar-refractivity contribution in [1.82, 2.24) is 4.67 Å². The third-order valence-electron chi connectivity index (χ3n) is 3.25. The van der Waals surface area contributed by atoms with E-state index in [2.05, 4.69) is 0 Å². The van der Waals surface area contributed by atoms with Crippen LogP contribution in [0.25, 0.3) is 0 Å². The molecule has 2 atom stereocenters. The fourth-order valence-corrected chi connectivity index (χ4v) is 5.55. The van der Waals surface area contributed by atoms with Crippen LogP contribution in [0.5, 0.6) is 0 Å². The van der Waals surface area contributed by atoms with Crippen molar-refractivity contribution in [3.63, 3.8) is 0 Å². The van der Waals surface area contributed by atoms with Crippen LogP contribution in [0.2, 0.25) is 0 Å². The number of hydrogen-bond acceptors (Lipinski definition) is 3. The average Bonchev–Trinajstić information content (AvgIpc) is 2.41. The van der Waals surface area contributed by atoms with Crippen molar-refractivity contribution < 1.29 is 14.5 Å². The molecular weight excluding hydrogens is 345 g/mol. The van der Waals surface area contributed by atoms with Gasteiger partial charge in [0, 0.05) is 14.1 Å². The standard InChI is InChI=1S/C11H12Cl3N2O3P/c1-15-8-6-4-3-5-7(8)9(17)16(2)20(15,19)10(18)11(12,13)14/h3-6,10,18H,1-2H3. The quantitative estimate of drug-likeness (QED) is 0.620. The number of halogens is 3. The van der Waals surface area contributed by atoms with Crippen LogP contribution < -0.4 is 4.67 Å². The van der Waals surface area contributed by atoms with Gasteiger partial charge in [-0.1, -0.05) is 46.9 Å². The number of alkyl halides is 3. The molecule has 1 aliphatic rings. The number of aliphatic hydroxyl groups is 1. The highest BCUT2D eigenvalue weighted by atomic mass is 35.6. The summed E-state index contributed by atoms with van der Waals surface area (Å²) in [5.74, 6) is -2.32. The Labute approximate surface area is 131 Å². The fourth-order valence-electron chi connectivity index (χ4n) is 2.12. The first kappa shape index (κ1) is 15.9. The number of carbonyl (C=O) groups is 1. The minimum absolute atomic E-state index is 0.375. The maximum Gasteiger partial charge on any atom is 0.297 e. The number of carbonyl (C=O) groups excluding carboxylic acids is 1. The zero-order valence-corrected chi connectivity index (χ0v) is 13.8. The van der Waals surface area contributed by atoms with Gasteiger partial charge in [0.1, 0.15) is 0 Å². The molecule has 1 heterocycles. The summed E-state index contributed by atoms with van der Waals surface area (Å²) in [7, 11) is -1.02. The minimum Gasteiger partial charge on any atom is -0.378 e. The van der Waals surface area contributed by atoms with Crippen LogP contribution in [-0.4, -0.2) is 39.4 Å². The Morgan fingerprint density at radius 3 is 2.30 bits per heavy atom. The Balaban J connectivity index is 2.63. The summed E-state index contributed by atoms with van der Waals surface area (Å²) in [5, 5.41) is 10.2. The van der Waals surface area contributed by atoms with Crippen molar-refractivity contribution in [2.24, 2.45) is 0 Å². The van der Waals surface area contributed by atoms with Gasteiger partial charge in [0.05, 0.1) is 11.3 Å². The largest absolute Gasteiger partial charge is 0.378 e. The first-order valence-electron chi connectivity index (χ1n) is 5.58. The lowest BCUT2D eigenvalue weighted by Crippen LogP contribution is -2.45. The van der Waals surface area contributed by atoms with Gasteiger partial charge in [-0.05, 0) is 12.1 Å². The number of fused-ring (bicyclic) bond motifs is 1. The molecular formula is C11H12Cl3N2O3P. The highest BCUT2D eigenvalue weighted by molar-refractivity contribution is 7.65. The van der Waals surface area contributed by atoms with Crippen LogP contribution in [0.4, 0.5) is 5.69 Å². The van der Waals surface area contributed by atoms with E-state index in [4.69, 9.17) is 34.8 Å². The first-order valence-corrected chi connectivity index (χ1v) is 8.39. The van der Waals surface area contributed by atoms with Gasteiger partial charge < -0.3 is 9.78 Å². The lowest BCUT2D eigenvalue weighted by atomic mass is 10.1. The van der Waals surface area contributed by atoms with Crippen molar-refractivity contribution in [2.75, 3.05) is 18.8 Å². The third kappa shape index (κ3) is 2.22. The number of amides is 1. The monoisotopic (exact) mass is 356 g/mol. The van der Waals surface area contributed by atoms with Gasteiger partial charge in [-0.15, -0.1) is 0 Å². The molecule has 1 aromatic carbocycles. The van der Waals surface area contributed by atoms with Crippen LogP contribution in [0.15, 0.2) is 24.3 Å². The van der Waals surface area contributed by atoms with Gasteiger partial charge in [-0.3, -0.25) is 14.0 Å². The molecule has 1 amide bonds. The molecule has 0 fully saturated rings. The second-order valence-electron chi connectivity index (χ2n) is 4.37. The number of nitrogens with zero attached hydrogens (tertiary/aromatic N) is 2. The van der Waals surface area contributed by atoms with Gasteiger partial charge in [-0.2, -0.15) is 0 Å². The van der Waals surface area contributed by atoms with Crippen LogP contribution in [-0.2, 0) is 4.57 Å². The maximum absolute atomic E-state index is 13.1. The van der Waals surface area contributed by atoms with E-state index in [9.17, 15) is 14.5 Å². The molecule has 0 aliphatic carbocycles. The van der Waals surface area contributed by atoms with E-state index in [1.54, 1.807) is 24.3 Å². The van der Waals surface area contributed by atoms with Crippen LogP contribution >= 0.6 is 42.2 Å². The van der Waals surface area contributed by atoms with Gasteiger partial charge >= 0.3 is 0 Å². The molecule has 9 heteroatoms. The SMILES string of the molecule is CN1C(=O)c2ccccc2N(C)P1(=O)C(O)C(Cl)(Cl)Cl. The molecule has 5 nitrogen and oxygen atoms in total. The van der Waals surface area contributed by atoms with Crippen molar-refractivity contribution >= 4 is 53.8 Å². The molecule has 1 aliphatic heterocycles. The zero-order valence-electron chi connectivity index (χ0n) is 10.6. The van der Waals surface area contributed by atoms with Gasteiger partial charge in [0.2, 0.25) is 3.79 Å². The van der Waals surface area contributed by atoms with Crippen molar-refractivity contribution in [1.29, 1.82) is 0 Å². The van der Waals surface area contributed by atoms with Crippen LogP contribution in [0, 0.1) is 0 Å². The number of rotatable bonds is 1. The number of aliphatic hydroxyl groups excluding tert-OH is 1. The number of benzene rings is 1. The molecule has 0 saturated heterocycles. The highest BCUT2D eigenvalue weighted by Crippen LogP contribution is 2.64. The van der Waals surface area contributed by atoms with Gasteiger partial charge in [0.15, 0.2) is 5.85 Å². The lowest BCUT2D eigenvalue weighted by Gasteiger charge is -2.44. The topological polar surface area (TPSA) is 60.9 Å². The van der Waals surface area contributed by atoms with Crippen LogP contribution in [0.3, 0.4) is 0 Å². The van der Waals surface area contributed by atoms with E-state index in [0.717, 1.165) is 4.67 Å². The zero-order chi connectivity index (χ0) is 15.3. The van der Waals surface area contributed by atoms with Gasteiger partial charge in [-0.25, -0.2) is 0 Å². The summed E-state index contributed by atoms with van der Waals surface area (Å²) in [6.45, 7) is 0. The minimum atomic E-state index is -3.82. The van der Waals surface area contributed by atoms with E-state index >= 15 is 0 Å². The smallest absolute Gasteiger partial charge is 0.297 e. The Hall–Kier alpha value is -0.450.